The van der Waals surface area contributed by atoms with E-state index in [4.69, 9.17) is 12.2 Å². The zero-order chi connectivity index (χ0) is 13.5. The van der Waals surface area contributed by atoms with Gasteiger partial charge in [0.25, 0.3) is 0 Å². The van der Waals surface area contributed by atoms with Crippen molar-refractivity contribution in [3.8, 4) is 0 Å². The van der Waals surface area contributed by atoms with Gasteiger partial charge in [-0.3, -0.25) is 0 Å². The molecule has 0 aromatic heterocycles. The first-order valence-corrected chi connectivity index (χ1v) is 8.19. The highest BCUT2D eigenvalue weighted by molar-refractivity contribution is 8.20. The molecule has 0 spiro atoms. The third-order valence-corrected chi connectivity index (χ3v) is 6.31. The summed E-state index contributed by atoms with van der Waals surface area (Å²) >= 11 is 7.50. The SMILES string of the molecule is C[C@@H](c1ccccc1)[N@@+]1(C)SC(=S)C2=C1CCCC2. The molecule has 1 aliphatic heterocycles. The summed E-state index contributed by atoms with van der Waals surface area (Å²) in [6.07, 6.45) is 5.03. The minimum absolute atomic E-state index is 0.453. The van der Waals surface area contributed by atoms with E-state index in [-0.39, 0.29) is 0 Å². The Morgan fingerprint density at radius 1 is 1.16 bits per heavy atom. The van der Waals surface area contributed by atoms with Gasteiger partial charge in [0.1, 0.15) is 27.9 Å². The van der Waals surface area contributed by atoms with Crippen LogP contribution in [0.2, 0.25) is 0 Å². The smallest absolute Gasteiger partial charge is 0.138 e. The molecule has 0 radical (unpaired) electrons. The maximum atomic E-state index is 5.62. The summed E-state index contributed by atoms with van der Waals surface area (Å²) in [4.78, 5) is 0. The standard InChI is InChI=1S/C16H20NS2/c1-12(13-8-4-3-5-9-13)17(2)15-11-7-6-10-14(15)16(18)19-17/h3-5,8-9,12H,6-7,10-11H2,1-2H3/q+1/t12-,17+/m0/s1. The van der Waals surface area contributed by atoms with Gasteiger partial charge in [-0.2, -0.15) is 0 Å². The van der Waals surface area contributed by atoms with E-state index >= 15 is 0 Å². The molecule has 0 N–H and O–H groups in total. The van der Waals surface area contributed by atoms with E-state index in [0.29, 0.717) is 6.04 Å². The van der Waals surface area contributed by atoms with Crippen LogP contribution in [-0.4, -0.2) is 15.1 Å². The number of hydrogen-bond donors (Lipinski definition) is 0. The highest BCUT2D eigenvalue weighted by atomic mass is 32.2. The van der Waals surface area contributed by atoms with E-state index < -0.39 is 0 Å². The molecule has 3 heteroatoms. The van der Waals surface area contributed by atoms with Gasteiger partial charge in [0.15, 0.2) is 0 Å². The van der Waals surface area contributed by atoms with Gasteiger partial charge in [0.05, 0.1) is 7.05 Å². The first-order chi connectivity index (χ1) is 9.13. The molecular formula is C16H20NS2+. The van der Waals surface area contributed by atoms with E-state index in [2.05, 4.69) is 44.3 Å². The van der Waals surface area contributed by atoms with Crippen molar-refractivity contribution in [3.05, 3.63) is 47.2 Å². The van der Waals surface area contributed by atoms with Crippen LogP contribution in [0, 0.1) is 0 Å². The lowest BCUT2D eigenvalue weighted by Gasteiger charge is -2.36. The summed E-state index contributed by atoms with van der Waals surface area (Å²) in [5.74, 6) is 0. The topological polar surface area (TPSA) is 0 Å². The van der Waals surface area contributed by atoms with E-state index in [1.54, 1.807) is 5.70 Å². The lowest BCUT2D eigenvalue weighted by Crippen LogP contribution is -2.36. The summed E-state index contributed by atoms with van der Waals surface area (Å²) in [7, 11) is 2.34. The van der Waals surface area contributed by atoms with Crippen molar-refractivity contribution in [3.63, 3.8) is 0 Å². The Balaban J connectivity index is 2.00. The van der Waals surface area contributed by atoms with Crippen molar-refractivity contribution in [2.45, 2.75) is 38.6 Å². The second-order valence-corrected chi connectivity index (χ2v) is 7.60. The Bertz CT molecular complexity index is 535. The summed E-state index contributed by atoms with van der Waals surface area (Å²) in [5, 5.41) is 0. The van der Waals surface area contributed by atoms with Gasteiger partial charge in [0, 0.05) is 17.6 Å². The molecule has 1 aromatic rings. The number of rotatable bonds is 2. The average Bonchev–Trinajstić information content (AvgIpc) is 2.72. The zero-order valence-electron chi connectivity index (χ0n) is 11.6. The molecule has 0 saturated heterocycles. The van der Waals surface area contributed by atoms with Gasteiger partial charge in [0.2, 0.25) is 0 Å². The summed E-state index contributed by atoms with van der Waals surface area (Å²) in [5.41, 5.74) is 4.47. The zero-order valence-corrected chi connectivity index (χ0v) is 13.2. The number of nitrogens with zero attached hydrogens (tertiary/aromatic N) is 1. The monoisotopic (exact) mass is 290 g/mol. The van der Waals surface area contributed by atoms with Crippen molar-refractivity contribution in [2.75, 3.05) is 7.05 Å². The molecule has 1 aliphatic carbocycles. The van der Waals surface area contributed by atoms with Crippen LogP contribution in [0.1, 0.15) is 44.2 Å². The maximum Gasteiger partial charge on any atom is 0.138 e. The molecule has 1 aromatic carbocycles. The van der Waals surface area contributed by atoms with Crippen molar-refractivity contribution in [2.24, 2.45) is 0 Å². The van der Waals surface area contributed by atoms with Crippen molar-refractivity contribution >= 4 is 28.4 Å². The number of benzene rings is 1. The third kappa shape index (κ3) is 2.18. The normalized spacial score (nSPS) is 28.4. The van der Waals surface area contributed by atoms with Gasteiger partial charge in [-0.05, 0) is 26.2 Å². The van der Waals surface area contributed by atoms with Crippen LogP contribution in [0.3, 0.4) is 0 Å². The third-order valence-electron chi connectivity index (χ3n) is 4.51. The Morgan fingerprint density at radius 3 is 2.58 bits per heavy atom. The second-order valence-electron chi connectivity index (χ2n) is 5.59. The molecule has 100 valence electrons. The summed E-state index contributed by atoms with van der Waals surface area (Å²) < 4.78 is 2.07. The van der Waals surface area contributed by atoms with Gasteiger partial charge < -0.3 is 0 Å². The predicted octanol–water partition coefficient (Wildman–Crippen LogP) is 5.01. The van der Waals surface area contributed by atoms with E-state index in [0.717, 1.165) is 8.08 Å². The first-order valence-electron chi connectivity index (χ1n) is 7.00. The lowest BCUT2D eigenvalue weighted by molar-refractivity contribution is -0.765. The molecule has 1 nitrogen and oxygen atoms in total. The van der Waals surface area contributed by atoms with Crippen LogP contribution in [0.15, 0.2) is 41.6 Å². The van der Waals surface area contributed by atoms with Crippen LogP contribution in [0.25, 0.3) is 0 Å². The van der Waals surface area contributed by atoms with E-state index in [9.17, 15) is 0 Å². The molecule has 0 unspecified atom stereocenters. The fraction of sp³-hybridized carbons (Fsp3) is 0.438. The molecule has 2 aliphatic rings. The van der Waals surface area contributed by atoms with Gasteiger partial charge in [-0.1, -0.05) is 42.5 Å². The molecule has 19 heavy (non-hydrogen) atoms. The number of hydrogen-bond acceptors (Lipinski definition) is 2. The quantitative estimate of drug-likeness (QED) is 0.426. The first kappa shape index (κ1) is 13.3. The van der Waals surface area contributed by atoms with Crippen LogP contribution in [0.5, 0.6) is 0 Å². The second kappa shape index (κ2) is 5.04. The predicted molar refractivity (Wildman–Crippen MR) is 86.7 cm³/mol. The van der Waals surface area contributed by atoms with E-state index in [1.165, 1.54) is 36.8 Å². The minimum atomic E-state index is 0.453. The minimum Gasteiger partial charge on any atom is -0.224 e. The van der Waals surface area contributed by atoms with Crippen molar-refractivity contribution in [1.82, 2.24) is 0 Å². The molecular weight excluding hydrogens is 270 g/mol. The Hall–Kier alpha value is -0.640. The highest BCUT2D eigenvalue weighted by Gasteiger charge is 2.47. The average molecular weight is 290 g/mol. The van der Waals surface area contributed by atoms with Gasteiger partial charge >= 0.3 is 0 Å². The highest BCUT2D eigenvalue weighted by Crippen LogP contribution is 2.52. The molecule has 3 rings (SSSR count). The Labute approximate surface area is 125 Å². The number of thiocarbonyl (C=S) groups is 1. The Morgan fingerprint density at radius 2 is 1.84 bits per heavy atom. The molecule has 0 fully saturated rings. The van der Waals surface area contributed by atoms with Crippen LogP contribution >= 0.6 is 24.2 Å². The number of quaternary nitrogens is 1. The van der Waals surface area contributed by atoms with Gasteiger partial charge in [-0.25, -0.2) is 3.89 Å². The van der Waals surface area contributed by atoms with Crippen molar-refractivity contribution in [1.29, 1.82) is 0 Å². The molecule has 0 amide bonds. The Kier molecular flexibility index (Phi) is 3.54. The van der Waals surface area contributed by atoms with Crippen molar-refractivity contribution < 1.29 is 3.89 Å². The maximum absolute atomic E-state index is 5.62. The van der Waals surface area contributed by atoms with Crippen LogP contribution in [0.4, 0.5) is 0 Å². The van der Waals surface area contributed by atoms with Gasteiger partial charge in [-0.15, -0.1) is 0 Å². The molecule has 1 heterocycles. The van der Waals surface area contributed by atoms with Crippen LogP contribution in [-0.2, 0) is 0 Å². The molecule has 0 saturated carbocycles. The van der Waals surface area contributed by atoms with Crippen LogP contribution < -0.4 is 0 Å². The fourth-order valence-electron chi connectivity index (χ4n) is 3.21. The molecule has 0 bridgehead atoms. The molecule has 2 atom stereocenters. The summed E-state index contributed by atoms with van der Waals surface area (Å²) in [6, 6.07) is 11.3. The number of allylic oxidation sites excluding steroid dienone is 1. The fourth-order valence-corrected chi connectivity index (χ4v) is 5.16. The van der Waals surface area contributed by atoms with E-state index in [1.807, 2.05) is 11.9 Å². The lowest BCUT2D eigenvalue weighted by atomic mass is 9.95. The summed E-state index contributed by atoms with van der Waals surface area (Å²) in [6.45, 7) is 2.33. The largest absolute Gasteiger partial charge is 0.224 e.